The van der Waals surface area contributed by atoms with Gasteiger partial charge >= 0.3 is 0 Å². The first kappa shape index (κ1) is 11.7. The number of nitrogens with zero attached hydrogens (tertiary/aromatic N) is 2. The molecule has 1 aliphatic rings. The number of carbonyl (C=O) groups excluding carboxylic acids is 1. The maximum absolute atomic E-state index is 12.3. The number of rotatable bonds is 4. The number of amides is 1. The minimum absolute atomic E-state index is 0.0521. The zero-order valence-corrected chi connectivity index (χ0v) is 9.97. The fourth-order valence-corrected chi connectivity index (χ4v) is 2.06. The van der Waals surface area contributed by atoms with Gasteiger partial charge in [0.2, 0.25) is 5.91 Å². The summed E-state index contributed by atoms with van der Waals surface area (Å²) in [5.41, 5.74) is 0.791. The molecule has 0 aromatic heterocycles. The predicted octanol–water partition coefficient (Wildman–Crippen LogP) is 2.30. The molecule has 1 saturated carbocycles. The monoisotopic (exact) mass is 228 g/mol. The lowest BCUT2D eigenvalue weighted by molar-refractivity contribution is -0.131. The Labute approximate surface area is 102 Å². The van der Waals surface area contributed by atoms with Crippen LogP contribution in [0.1, 0.15) is 31.2 Å². The number of carbonyl (C=O) groups is 1. The summed E-state index contributed by atoms with van der Waals surface area (Å²) in [4.78, 5) is 14.1. The molecule has 3 nitrogen and oxygen atoms in total. The van der Waals surface area contributed by atoms with E-state index in [0.29, 0.717) is 12.6 Å². The second kappa shape index (κ2) is 5.01. The average molecular weight is 228 g/mol. The van der Waals surface area contributed by atoms with E-state index < -0.39 is 5.92 Å². The van der Waals surface area contributed by atoms with E-state index in [2.05, 4.69) is 6.07 Å². The van der Waals surface area contributed by atoms with Crippen molar-refractivity contribution in [3.8, 4) is 6.07 Å². The summed E-state index contributed by atoms with van der Waals surface area (Å²) in [6, 6.07) is 11.8. The molecule has 0 aliphatic heterocycles. The molecular formula is C14H16N2O. The van der Waals surface area contributed by atoms with Crippen LogP contribution >= 0.6 is 0 Å². The molecule has 0 spiro atoms. The van der Waals surface area contributed by atoms with Gasteiger partial charge in [-0.1, -0.05) is 30.3 Å². The van der Waals surface area contributed by atoms with Crippen LogP contribution in [0.4, 0.5) is 0 Å². The Balaban J connectivity index is 2.18. The highest BCUT2D eigenvalue weighted by Gasteiger charge is 2.35. The average Bonchev–Trinajstić information content (AvgIpc) is 3.17. The van der Waals surface area contributed by atoms with Gasteiger partial charge in [0.05, 0.1) is 6.07 Å². The van der Waals surface area contributed by atoms with Gasteiger partial charge in [0, 0.05) is 12.6 Å². The Bertz CT molecular complexity index is 431. The van der Waals surface area contributed by atoms with Crippen LogP contribution in [0.3, 0.4) is 0 Å². The molecule has 17 heavy (non-hydrogen) atoms. The molecule has 88 valence electrons. The molecule has 0 radical (unpaired) electrons. The van der Waals surface area contributed by atoms with Gasteiger partial charge in [-0.2, -0.15) is 5.26 Å². The molecule has 0 saturated heterocycles. The van der Waals surface area contributed by atoms with E-state index in [9.17, 15) is 10.1 Å². The Hall–Kier alpha value is -1.82. The van der Waals surface area contributed by atoms with Crippen molar-refractivity contribution in [2.75, 3.05) is 6.54 Å². The first-order chi connectivity index (χ1) is 8.27. The first-order valence-corrected chi connectivity index (χ1v) is 6.03. The fourth-order valence-electron chi connectivity index (χ4n) is 2.06. The highest BCUT2D eigenvalue weighted by Crippen LogP contribution is 2.29. The van der Waals surface area contributed by atoms with E-state index in [1.807, 2.05) is 42.2 Å². The number of benzene rings is 1. The Morgan fingerprint density at radius 2 is 2.12 bits per heavy atom. The van der Waals surface area contributed by atoms with Crippen LogP contribution in [0.5, 0.6) is 0 Å². The van der Waals surface area contributed by atoms with Gasteiger partial charge in [0.25, 0.3) is 0 Å². The van der Waals surface area contributed by atoms with Gasteiger partial charge in [0.15, 0.2) is 0 Å². The zero-order valence-electron chi connectivity index (χ0n) is 9.97. The number of likely N-dealkylation sites (N-methyl/N-ethyl adjacent to an activating group) is 1. The fraction of sp³-hybridized carbons (Fsp3) is 0.429. The molecule has 1 unspecified atom stereocenters. The zero-order chi connectivity index (χ0) is 12.3. The van der Waals surface area contributed by atoms with Crippen molar-refractivity contribution in [1.82, 2.24) is 4.90 Å². The smallest absolute Gasteiger partial charge is 0.244 e. The maximum Gasteiger partial charge on any atom is 0.244 e. The highest BCUT2D eigenvalue weighted by atomic mass is 16.2. The van der Waals surface area contributed by atoms with Crippen LogP contribution in [-0.2, 0) is 4.79 Å². The predicted molar refractivity (Wildman–Crippen MR) is 65.2 cm³/mol. The molecule has 0 heterocycles. The van der Waals surface area contributed by atoms with Gasteiger partial charge in [-0.3, -0.25) is 4.79 Å². The quantitative estimate of drug-likeness (QED) is 0.793. The second-order valence-corrected chi connectivity index (χ2v) is 4.33. The van der Waals surface area contributed by atoms with E-state index in [0.717, 1.165) is 18.4 Å². The largest absolute Gasteiger partial charge is 0.339 e. The topological polar surface area (TPSA) is 44.1 Å². The van der Waals surface area contributed by atoms with E-state index >= 15 is 0 Å². The maximum atomic E-state index is 12.3. The lowest BCUT2D eigenvalue weighted by atomic mass is 9.99. The second-order valence-electron chi connectivity index (χ2n) is 4.33. The van der Waals surface area contributed by atoms with Gasteiger partial charge in [-0.15, -0.1) is 0 Å². The van der Waals surface area contributed by atoms with Crippen molar-refractivity contribution in [3.63, 3.8) is 0 Å². The third-order valence-electron chi connectivity index (χ3n) is 3.12. The number of hydrogen-bond donors (Lipinski definition) is 0. The van der Waals surface area contributed by atoms with Crippen molar-refractivity contribution in [2.45, 2.75) is 31.7 Å². The molecule has 0 bridgehead atoms. The molecule has 1 aliphatic carbocycles. The van der Waals surface area contributed by atoms with Crippen molar-refractivity contribution in [3.05, 3.63) is 35.9 Å². The Kier molecular flexibility index (Phi) is 3.43. The SMILES string of the molecule is CCN(C(=O)C(C#N)c1ccccc1)C1CC1. The summed E-state index contributed by atoms with van der Waals surface area (Å²) in [5.74, 6) is -0.708. The van der Waals surface area contributed by atoms with Crippen molar-refractivity contribution in [2.24, 2.45) is 0 Å². The first-order valence-electron chi connectivity index (χ1n) is 6.03. The van der Waals surface area contributed by atoms with Crippen LogP contribution < -0.4 is 0 Å². The van der Waals surface area contributed by atoms with Crippen LogP contribution in [0, 0.1) is 11.3 Å². The van der Waals surface area contributed by atoms with Crippen LogP contribution in [0.2, 0.25) is 0 Å². The third kappa shape index (κ3) is 2.47. The van der Waals surface area contributed by atoms with Crippen molar-refractivity contribution < 1.29 is 4.79 Å². The van der Waals surface area contributed by atoms with E-state index in [1.54, 1.807) is 0 Å². The lowest BCUT2D eigenvalue weighted by Crippen LogP contribution is -2.36. The molecule has 1 fully saturated rings. The van der Waals surface area contributed by atoms with E-state index in [4.69, 9.17) is 0 Å². The van der Waals surface area contributed by atoms with Crippen LogP contribution in [0.15, 0.2) is 30.3 Å². The minimum atomic E-state index is -0.656. The molecule has 1 amide bonds. The number of hydrogen-bond acceptors (Lipinski definition) is 2. The van der Waals surface area contributed by atoms with Crippen LogP contribution in [-0.4, -0.2) is 23.4 Å². The Morgan fingerprint density at radius 3 is 2.59 bits per heavy atom. The van der Waals surface area contributed by atoms with Gasteiger partial charge < -0.3 is 4.90 Å². The normalized spacial score (nSPS) is 16.0. The molecule has 1 atom stereocenters. The minimum Gasteiger partial charge on any atom is -0.339 e. The van der Waals surface area contributed by atoms with E-state index in [-0.39, 0.29) is 5.91 Å². The number of nitriles is 1. The standard InChI is InChI=1S/C14H16N2O/c1-2-16(12-8-9-12)14(17)13(10-15)11-6-4-3-5-7-11/h3-7,12-13H,2,8-9H2,1H3. The Morgan fingerprint density at radius 1 is 1.47 bits per heavy atom. The molecule has 0 N–H and O–H groups in total. The summed E-state index contributed by atoms with van der Waals surface area (Å²) >= 11 is 0. The molecule has 2 rings (SSSR count). The molecule has 1 aromatic carbocycles. The highest BCUT2D eigenvalue weighted by molar-refractivity contribution is 5.87. The third-order valence-corrected chi connectivity index (χ3v) is 3.12. The van der Waals surface area contributed by atoms with E-state index in [1.165, 1.54) is 0 Å². The van der Waals surface area contributed by atoms with Gasteiger partial charge in [0.1, 0.15) is 5.92 Å². The summed E-state index contributed by atoms with van der Waals surface area (Å²) in [6.45, 7) is 2.66. The van der Waals surface area contributed by atoms with Gasteiger partial charge in [-0.05, 0) is 25.3 Å². The molecule has 3 heteroatoms. The van der Waals surface area contributed by atoms with Gasteiger partial charge in [-0.25, -0.2) is 0 Å². The molecular weight excluding hydrogens is 212 g/mol. The summed E-state index contributed by atoms with van der Waals surface area (Å²) in [6.07, 6.45) is 2.15. The summed E-state index contributed by atoms with van der Waals surface area (Å²) < 4.78 is 0. The molecule has 1 aromatic rings. The summed E-state index contributed by atoms with van der Waals surface area (Å²) in [7, 11) is 0. The lowest BCUT2D eigenvalue weighted by Gasteiger charge is -2.23. The van der Waals surface area contributed by atoms with Crippen molar-refractivity contribution >= 4 is 5.91 Å². The van der Waals surface area contributed by atoms with Crippen molar-refractivity contribution in [1.29, 1.82) is 5.26 Å². The van der Waals surface area contributed by atoms with Crippen LogP contribution in [0.25, 0.3) is 0 Å². The summed E-state index contributed by atoms with van der Waals surface area (Å²) in [5, 5.41) is 9.20.